The number of hydrogen-bond acceptors (Lipinski definition) is 1. The lowest BCUT2D eigenvalue weighted by Crippen LogP contribution is -1.91. The fourth-order valence-electron chi connectivity index (χ4n) is 7.88. The molecule has 0 bridgehead atoms. The standard InChI is InChI=1S/C48H30O/c1-3-14-32(15-4-1)45-38-19-9-11-21-40(38)46(41-22-12-10-20-39(41)45)36-25-27-43-42(30-36)48-44(49-43)28-26-37(47(48)33-16-5-2-6-17-33)35-24-23-31-13-7-8-18-34(31)29-35/h1-30H. The third-order valence-corrected chi connectivity index (χ3v) is 10.0. The SMILES string of the molecule is c1ccc(-c2c3ccccc3c(-c3ccc4oc5ccc(-c6ccc7ccccc7c6)c(-c6ccccc6)c5c4c3)c3ccccc23)cc1. The normalized spacial score (nSPS) is 11.7. The summed E-state index contributed by atoms with van der Waals surface area (Å²) in [4.78, 5) is 0. The Bertz CT molecular complexity index is 2800. The Morgan fingerprint density at radius 2 is 0.796 bits per heavy atom. The molecule has 1 nitrogen and oxygen atoms in total. The first-order valence-corrected chi connectivity index (χ1v) is 16.8. The smallest absolute Gasteiger partial charge is 0.136 e. The maximum Gasteiger partial charge on any atom is 0.136 e. The minimum absolute atomic E-state index is 0.890. The van der Waals surface area contributed by atoms with Crippen LogP contribution in [0.2, 0.25) is 0 Å². The maximum absolute atomic E-state index is 6.62. The Hall–Kier alpha value is -6.44. The van der Waals surface area contributed by atoms with E-state index in [-0.39, 0.29) is 0 Å². The minimum atomic E-state index is 0.890. The summed E-state index contributed by atoms with van der Waals surface area (Å²) in [6.45, 7) is 0. The average Bonchev–Trinajstić information content (AvgIpc) is 3.55. The number of rotatable bonds is 4. The van der Waals surface area contributed by atoms with Crippen LogP contribution in [0.25, 0.3) is 98.8 Å². The zero-order valence-electron chi connectivity index (χ0n) is 26.7. The Labute approximate surface area is 284 Å². The number of furan rings is 1. The summed E-state index contributed by atoms with van der Waals surface area (Å²) in [5, 5.41) is 9.73. The van der Waals surface area contributed by atoms with Crippen LogP contribution in [0.3, 0.4) is 0 Å². The van der Waals surface area contributed by atoms with Gasteiger partial charge in [-0.1, -0.05) is 158 Å². The Kier molecular flexibility index (Phi) is 6.25. The first-order valence-electron chi connectivity index (χ1n) is 16.8. The molecule has 0 aliphatic heterocycles. The van der Waals surface area contributed by atoms with E-state index in [9.17, 15) is 0 Å². The summed E-state index contributed by atoms with van der Waals surface area (Å²) in [5.74, 6) is 0. The third-order valence-electron chi connectivity index (χ3n) is 10.0. The van der Waals surface area contributed by atoms with Gasteiger partial charge in [0.25, 0.3) is 0 Å². The lowest BCUT2D eigenvalue weighted by atomic mass is 9.85. The summed E-state index contributed by atoms with van der Waals surface area (Å²) in [6.07, 6.45) is 0. The highest BCUT2D eigenvalue weighted by molar-refractivity contribution is 6.23. The van der Waals surface area contributed by atoms with Crippen molar-refractivity contribution in [3.8, 4) is 44.5 Å². The topological polar surface area (TPSA) is 13.1 Å². The molecule has 10 aromatic rings. The quantitative estimate of drug-likeness (QED) is 0.178. The molecule has 0 atom stereocenters. The molecule has 1 aromatic heterocycles. The van der Waals surface area contributed by atoms with E-state index >= 15 is 0 Å². The molecular formula is C48H30O. The molecule has 0 aliphatic carbocycles. The van der Waals surface area contributed by atoms with Crippen LogP contribution in [0.15, 0.2) is 186 Å². The maximum atomic E-state index is 6.62. The van der Waals surface area contributed by atoms with E-state index in [4.69, 9.17) is 4.42 Å². The molecule has 0 spiro atoms. The molecule has 0 radical (unpaired) electrons. The lowest BCUT2D eigenvalue weighted by Gasteiger charge is -2.18. The van der Waals surface area contributed by atoms with Crippen molar-refractivity contribution in [1.82, 2.24) is 0 Å². The van der Waals surface area contributed by atoms with Gasteiger partial charge in [0.2, 0.25) is 0 Å². The van der Waals surface area contributed by atoms with Crippen LogP contribution in [0.1, 0.15) is 0 Å². The number of hydrogen-bond donors (Lipinski definition) is 0. The molecule has 1 heteroatoms. The fourth-order valence-corrected chi connectivity index (χ4v) is 7.88. The molecule has 0 saturated heterocycles. The predicted molar refractivity (Wildman–Crippen MR) is 208 cm³/mol. The summed E-state index contributed by atoms with van der Waals surface area (Å²) in [5.41, 5.74) is 11.5. The van der Waals surface area contributed by atoms with Crippen LogP contribution in [0, 0.1) is 0 Å². The van der Waals surface area contributed by atoms with Gasteiger partial charge in [-0.2, -0.15) is 0 Å². The van der Waals surface area contributed by atoms with Gasteiger partial charge in [0.15, 0.2) is 0 Å². The molecule has 1 heterocycles. The second-order valence-electron chi connectivity index (χ2n) is 12.8. The molecule has 10 rings (SSSR count). The molecule has 0 aliphatic rings. The molecule has 9 aromatic carbocycles. The highest BCUT2D eigenvalue weighted by Gasteiger charge is 2.21. The van der Waals surface area contributed by atoms with Gasteiger partial charge in [0.1, 0.15) is 11.2 Å². The number of fused-ring (bicyclic) bond motifs is 6. The van der Waals surface area contributed by atoms with Gasteiger partial charge in [0.05, 0.1) is 0 Å². The Morgan fingerprint density at radius 3 is 1.45 bits per heavy atom. The van der Waals surface area contributed by atoms with E-state index in [0.29, 0.717) is 0 Å². The van der Waals surface area contributed by atoms with Crippen molar-refractivity contribution in [1.29, 1.82) is 0 Å². The summed E-state index contributed by atoms with van der Waals surface area (Å²) in [7, 11) is 0. The van der Waals surface area contributed by atoms with E-state index in [2.05, 4.69) is 182 Å². The van der Waals surface area contributed by atoms with Crippen molar-refractivity contribution in [3.05, 3.63) is 182 Å². The van der Waals surface area contributed by atoms with Crippen LogP contribution >= 0.6 is 0 Å². The van der Waals surface area contributed by atoms with Crippen LogP contribution in [0.5, 0.6) is 0 Å². The van der Waals surface area contributed by atoms with Gasteiger partial charge in [-0.05, 0) is 95.5 Å². The van der Waals surface area contributed by atoms with Crippen molar-refractivity contribution >= 4 is 54.3 Å². The summed E-state index contributed by atoms with van der Waals surface area (Å²) < 4.78 is 6.62. The first-order chi connectivity index (χ1) is 24.3. The Balaban J connectivity index is 1.29. The molecule has 0 unspecified atom stereocenters. The molecule has 0 fully saturated rings. The molecule has 0 saturated carbocycles. The summed E-state index contributed by atoms with van der Waals surface area (Å²) >= 11 is 0. The van der Waals surface area contributed by atoms with E-state index in [1.54, 1.807) is 0 Å². The van der Waals surface area contributed by atoms with Crippen molar-refractivity contribution in [2.24, 2.45) is 0 Å². The summed E-state index contributed by atoms with van der Waals surface area (Å²) in [6, 6.07) is 65.7. The zero-order valence-corrected chi connectivity index (χ0v) is 26.7. The third kappa shape index (κ3) is 4.40. The second-order valence-corrected chi connectivity index (χ2v) is 12.8. The molecule has 228 valence electrons. The number of benzene rings is 9. The molecule has 49 heavy (non-hydrogen) atoms. The largest absolute Gasteiger partial charge is 0.456 e. The van der Waals surface area contributed by atoms with Gasteiger partial charge < -0.3 is 4.42 Å². The average molecular weight is 623 g/mol. The fraction of sp³-hybridized carbons (Fsp3) is 0. The van der Waals surface area contributed by atoms with E-state index in [1.807, 2.05) is 0 Å². The zero-order chi connectivity index (χ0) is 32.3. The predicted octanol–water partition coefficient (Wildman–Crippen LogP) is 13.7. The van der Waals surface area contributed by atoms with Gasteiger partial charge >= 0.3 is 0 Å². The second kappa shape index (κ2) is 11.1. The van der Waals surface area contributed by atoms with Crippen LogP contribution < -0.4 is 0 Å². The highest BCUT2D eigenvalue weighted by atomic mass is 16.3. The minimum Gasteiger partial charge on any atom is -0.456 e. The van der Waals surface area contributed by atoms with Crippen LogP contribution in [-0.4, -0.2) is 0 Å². The van der Waals surface area contributed by atoms with Crippen molar-refractivity contribution in [3.63, 3.8) is 0 Å². The van der Waals surface area contributed by atoms with Crippen molar-refractivity contribution < 1.29 is 4.42 Å². The van der Waals surface area contributed by atoms with Gasteiger partial charge in [-0.25, -0.2) is 0 Å². The molecule has 0 N–H and O–H groups in total. The van der Waals surface area contributed by atoms with Crippen molar-refractivity contribution in [2.75, 3.05) is 0 Å². The van der Waals surface area contributed by atoms with Gasteiger partial charge in [-0.15, -0.1) is 0 Å². The first kappa shape index (κ1) is 27.7. The van der Waals surface area contributed by atoms with Gasteiger partial charge in [-0.3, -0.25) is 0 Å². The molecule has 0 amide bonds. The van der Waals surface area contributed by atoms with Crippen LogP contribution in [-0.2, 0) is 0 Å². The lowest BCUT2D eigenvalue weighted by molar-refractivity contribution is 0.669. The van der Waals surface area contributed by atoms with Crippen molar-refractivity contribution in [2.45, 2.75) is 0 Å². The molecular weight excluding hydrogens is 593 g/mol. The van der Waals surface area contributed by atoms with Gasteiger partial charge in [0, 0.05) is 16.3 Å². The van der Waals surface area contributed by atoms with E-state index < -0.39 is 0 Å². The monoisotopic (exact) mass is 622 g/mol. The van der Waals surface area contributed by atoms with E-state index in [0.717, 1.165) is 21.9 Å². The highest BCUT2D eigenvalue weighted by Crippen LogP contribution is 2.47. The van der Waals surface area contributed by atoms with E-state index in [1.165, 1.54) is 76.8 Å². The van der Waals surface area contributed by atoms with Crippen LogP contribution in [0.4, 0.5) is 0 Å². The Morgan fingerprint density at radius 1 is 0.286 bits per heavy atom.